The number of halogens is 1. The van der Waals surface area contributed by atoms with Crippen molar-refractivity contribution in [2.75, 3.05) is 18.2 Å². The van der Waals surface area contributed by atoms with Crippen molar-refractivity contribution >= 4 is 35.0 Å². The molecule has 36 heavy (non-hydrogen) atoms. The van der Waals surface area contributed by atoms with Gasteiger partial charge in [-0.3, -0.25) is 4.79 Å². The highest BCUT2D eigenvalue weighted by Crippen LogP contribution is 2.35. The minimum absolute atomic E-state index is 0.0899. The number of ether oxygens (including phenoxy) is 1. The molecule has 0 spiro atoms. The van der Waals surface area contributed by atoms with Gasteiger partial charge in [-0.05, 0) is 55.3 Å². The number of anilines is 1. The summed E-state index contributed by atoms with van der Waals surface area (Å²) in [5.74, 6) is 0.608. The molecule has 0 aliphatic heterocycles. The molecule has 1 heterocycles. The molecule has 1 amide bonds. The second kappa shape index (κ2) is 11.3. The van der Waals surface area contributed by atoms with Crippen LogP contribution in [0.1, 0.15) is 16.7 Å². The van der Waals surface area contributed by atoms with Crippen LogP contribution in [0.25, 0.3) is 22.4 Å². The lowest BCUT2D eigenvalue weighted by Gasteiger charge is -2.13. The maximum atomic E-state index is 12.7. The third-order valence-corrected chi connectivity index (χ3v) is 7.02. The van der Waals surface area contributed by atoms with Crippen LogP contribution in [-0.2, 0) is 4.79 Å². The first-order valence-electron chi connectivity index (χ1n) is 11.2. The zero-order chi connectivity index (χ0) is 25.7. The fraction of sp³-hybridized carbons (Fsp3) is 0.138. The van der Waals surface area contributed by atoms with E-state index in [1.807, 2.05) is 80.6 Å². The molecule has 1 N–H and O–H groups in total. The van der Waals surface area contributed by atoms with Crippen molar-refractivity contribution in [3.8, 4) is 34.2 Å². The van der Waals surface area contributed by atoms with Crippen molar-refractivity contribution in [2.24, 2.45) is 0 Å². The molecule has 0 atom stereocenters. The Balaban J connectivity index is 1.68. The van der Waals surface area contributed by atoms with Crippen LogP contribution in [0.4, 0.5) is 5.69 Å². The van der Waals surface area contributed by atoms with Gasteiger partial charge in [-0.15, -0.1) is 0 Å². The lowest BCUT2D eigenvalue weighted by atomic mass is 9.99. The highest BCUT2D eigenvalue weighted by molar-refractivity contribution is 8.00. The van der Waals surface area contributed by atoms with Gasteiger partial charge in [0.25, 0.3) is 0 Å². The van der Waals surface area contributed by atoms with E-state index < -0.39 is 0 Å². The molecule has 0 aliphatic rings. The number of pyridine rings is 1. The van der Waals surface area contributed by atoms with Crippen molar-refractivity contribution in [1.29, 1.82) is 5.26 Å². The van der Waals surface area contributed by atoms with Crippen LogP contribution in [0.3, 0.4) is 0 Å². The zero-order valence-electron chi connectivity index (χ0n) is 20.1. The van der Waals surface area contributed by atoms with Gasteiger partial charge in [-0.2, -0.15) is 5.26 Å². The predicted octanol–water partition coefficient (Wildman–Crippen LogP) is 7.30. The molecule has 0 aliphatic carbocycles. The number of carbonyl (C=O) groups excluding carboxylic acids is 1. The Hall–Kier alpha value is -3.79. The van der Waals surface area contributed by atoms with E-state index in [4.69, 9.17) is 21.3 Å². The van der Waals surface area contributed by atoms with Crippen LogP contribution in [-0.4, -0.2) is 23.8 Å². The van der Waals surface area contributed by atoms with E-state index in [9.17, 15) is 10.1 Å². The van der Waals surface area contributed by atoms with Crippen LogP contribution >= 0.6 is 23.4 Å². The number of benzene rings is 3. The summed E-state index contributed by atoms with van der Waals surface area (Å²) in [7, 11) is 1.61. The van der Waals surface area contributed by atoms with Crippen LogP contribution in [0.5, 0.6) is 5.75 Å². The Morgan fingerprint density at radius 2 is 1.72 bits per heavy atom. The first-order valence-corrected chi connectivity index (χ1v) is 12.6. The summed E-state index contributed by atoms with van der Waals surface area (Å²) in [6.45, 7) is 3.93. The van der Waals surface area contributed by atoms with Gasteiger partial charge in [0.15, 0.2) is 0 Å². The van der Waals surface area contributed by atoms with E-state index in [1.54, 1.807) is 13.2 Å². The topological polar surface area (TPSA) is 75.0 Å². The first kappa shape index (κ1) is 25.3. The maximum Gasteiger partial charge on any atom is 0.234 e. The molecule has 1 aromatic heterocycles. The van der Waals surface area contributed by atoms with Gasteiger partial charge in [-0.1, -0.05) is 71.4 Å². The second-order valence-corrected chi connectivity index (χ2v) is 9.61. The van der Waals surface area contributed by atoms with Crippen molar-refractivity contribution < 1.29 is 9.53 Å². The fourth-order valence-corrected chi connectivity index (χ4v) is 4.59. The summed E-state index contributed by atoms with van der Waals surface area (Å²) >= 11 is 7.41. The van der Waals surface area contributed by atoms with Gasteiger partial charge in [0, 0.05) is 21.8 Å². The molecule has 4 rings (SSSR count). The molecule has 3 aromatic carbocycles. The van der Waals surface area contributed by atoms with E-state index in [1.165, 1.54) is 11.8 Å². The fourth-order valence-electron chi connectivity index (χ4n) is 3.61. The van der Waals surface area contributed by atoms with Crippen molar-refractivity contribution in [1.82, 2.24) is 4.98 Å². The summed E-state index contributed by atoms with van der Waals surface area (Å²) in [6, 6.07) is 25.2. The molecule has 0 bridgehead atoms. The zero-order valence-corrected chi connectivity index (χ0v) is 21.7. The number of hydrogen-bond acceptors (Lipinski definition) is 5. The Morgan fingerprint density at radius 1 is 1.03 bits per heavy atom. The first-order chi connectivity index (χ1) is 17.4. The molecule has 7 heteroatoms. The van der Waals surface area contributed by atoms with Crippen LogP contribution in [0, 0.1) is 25.2 Å². The average Bonchev–Trinajstić information content (AvgIpc) is 2.89. The number of aromatic nitrogens is 1. The quantitative estimate of drug-likeness (QED) is 0.262. The number of nitrogens with one attached hydrogen (secondary N) is 1. The molecule has 5 nitrogen and oxygen atoms in total. The molecule has 0 unspecified atom stereocenters. The Morgan fingerprint density at radius 3 is 2.36 bits per heavy atom. The smallest absolute Gasteiger partial charge is 0.234 e. The van der Waals surface area contributed by atoms with Gasteiger partial charge in [-0.25, -0.2) is 4.98 Å². The van der Waals surface area contributed by atoms with E-state index in [0.29, 0.717) is 21.3 Å². The Kier molecular flexibility index (Phi) is 7.94. The summed E-state index contributed by atoms with van der Waals surface area (Å²) in [6.07, 6.45) is 0. The monoisotopic (exact) mass is 513 g/mol. The van der Waals surface area contributed by atoms with Crippen LogP contribution < -0.4 is 10.1 Å². The minimum Gasteiger partial charge on any atom is -0.497 e. The van der Waals surface area contributed by atoms with Crippen molar-refractivity contribution in [3.05, 3.63) is 94.5 Å². The van der Waals surface area contributed by atoms with Crippen molar-refractivity contribution in [2.45, 2.75) is 18.9 Å². The summed E-state index contributed by atoms with van der Waals surface area (Å²) in [4.78, 5) is 17.5. The number of hydrogen-bond donors (Lipinski definition) is 1. The molecule has 0 saturated carbocycles. The number of rotatable bonds is 7. The lowest BCUT2D eigenvalue weighted by Crippen LogP contribution is -2.14. The maximum absolute atomic E-state index is 12.7. The van der Waals surface area contributed by atoms with Crippen molar-refractivity contribution in [3.63, 3.8) is 0 Å². The lowest BCUT2D eigenvalue weighted by molar-refractivity contribution is -0.113. The summed E-state index contributed by atoms with van der Waals surface area (Å²) in [5, 5.41) is 14.0. The standard InChI is InChI=1S/C29H24ClN3O2S/c1-18-4-7-21(8-5-18)27-15-24(20-9-12-23(35-3)13-10-20)25(16-31)29(33-27)36-17-28(34)32-22-11-6-19(2)26(30)14-22/h4-15H,17H2,1-3H3,(H,32,34). The van der Waals surface area contributed by atoms with Crippen LogP contribution in [0.2, 0.25) is 5.02 Å². The number of methoxy groups -OCH3 is 1. The number of aryl methyl sites for hydroxylation is 2. The molecule has 0 saturated heterocycles. The molecule has 0 radical (unpaired) electrons. The van der Waals surface area contributed by atoms with Gasteiger partial charge >= 0.3 is 0 Å². The molecule has 180 valence electrons. The Bertz CT molecular complexity index is 1450. The predicted molar refractivity (Wildman–Crippen MR) is 147 cm³/mol. The Labute approximate surface area is 220 Å². The number of carbonyl (C=O) groups is 1. The molecular weight excluding hydrogens is 490 g/mol. The van der Waals surface area contributed by atoms with E-state index in [0.717, 1.165) is 39.3 Å². The van der Waals surface area contributed by atoms with E-state index >= 15 is 0 Å². The van der Waals surface area contributed by atoms with Gasteiger partial charge in [0.05, 0.1) is 24.1 Å². The van der Waals surface area contributed by atoms with E-state index in [-0.39, 0.29) is 11.7 Å². The highest BCUT2D eigenvalue weighted by Gasteiger charge is 2.17. The SMILES string of the molecule is COc1ccc(-c2cc(-c3ccc(C)cc3)nc(SCC(=O)Nc3ccc(C)c(Cl)c3)c2C#N)cc1. The second-order valence-electron chi connectivity index (χ2n) is 8.24. The molecule has 0 fully saturated rings. The van der Waals surface area contributed by atoms with Gasteiger partial charge in [0.2, 0.25) is 5.91 Å². The third-order valence-electron chi connectivity index (χ3n) is 5.64. The normalized spacial score (nSPS) is 10.5. The molecule has 4 aromatic rings. The van der Waals surface area contributed by atoms with E-state index in [2.05, 4.69) is 11.4 Å². The highest BCUT2D eigenvalue weighted by atomic mass is 35.5. The largest absolute Gasteiger partial charge is 0.497 e. The number of nitriles is 1. The van der Waals surface area contributed by atoms with Gasteiger partial charge < -0.3 is 10.1 Å². The van der Waals surface area contributed by atoms with Crippen LogP contribution in [0.15, 0.2) is 77.8 Å². The van der Waals surface area contributed by atoms with Gasteiger partial charge in [0.1, 0.15) is 16.8 Å². The summed E-state index contributed by atoms with van der Waals surface area (Å²) < 4.78 is 5.28. The average molecular weight is 514 g/mol. The number of amides is 1. The number of thioether (sulfide) groups is 1. The molecular formula is C29H24ClN3O2S. The number of nitrogens with zero attached hydrogens (tertiary/aromatic N) is 2. The third kappa shape index (κ3) is 5.88. The minimum atomic E-state index is -0.211. The summed E-state index contributed by atoms with van der Waals surface area (Å²) in [5.41, 5.74) is 6.40.